The number of hydrogen-bond acceptors (Lipinski definition) is 3. The van der Waals surface area contributed by atoms with E-state index in [-0.39, 0.29) is 17.9 Å². The minimum absolute atomic E-state index is 0.0369. The molecule has 0 bridgehead atoms. The molecule has 0 aliphatic carbocycles. The SMILES string of the molecule is C/C(=N\NC(=O)COc1ccc(C)cc1C)C(C)(C)C. The maximum absolute atomic E-state index is 11.7. The normalized spacial score (nSPS) is 12.2. The van der Waals surface area contributed by atoms with E-state index in [2.05, 4.69) is 10.5 Å². The first-order valence-electron chi connectivity index (χ1n) is 6.74. The average Bonchev–Trinajstić information content (AvgIpc) is 2.33. The van der Waals surface area contributed by atoms with Gasteiger partial charge in [0.25, 0.3) is 5.91 Å². The van der Waals surface area contributed by atoms with Crippen molar-refractivity contribution < 1.29 is 9.53 Å². The second kappa shape index (κ2) is 6.55. The Morgan fingerprint density at radius 2 is 1.95 bits per heavy atom. The Morgan fingerprint density at radius 1 is 1.30 bits per heavy atom. The van der Waals surface area contributed by atoms with E-state index in [0.717, 1.165) is 17.0 Å². The quantitative estimate of drug-likeness (QED) is 0.678. The number of carbonyl (C=O) groups is 1. The number of hydrogen-bond donors (Lipinski definition) is 1. The number of rotatable bonds is 4. The molecular weight excluding hydrogens is 252 g/mol. The van der Waals surface area contributed by atoms with Crippen LogP contribution in [0, 0.1) is 19.3 Å². The molecule has 0 unspecified atom stereocenters. The van der Waals surface area contributed by atoms with Crippen molar-refractivity contribution in [2.24, 2.45) is 10.5 Å². The molecule has 1 rings (SSSR count). The van der Waals surface area contributed by atoms with E-state index in [1.54, 1.807) is 0 Å². The van der Waals surface area contributed by atoms with Gasteiger partial charge in [-0.25, -0.2) is 5.43 Å². The Balaban J connectivity index is 2.52. The fraction of sp³-hybridized carbons (Fsp3) is 0.500. The van der Waals surface area contributed by atoms with E-state index < -0.39 is 0 Å². The number of hydrazone groups is 1. The first kappa shape index (κ1) is 16.2. The summed E-state index contributed by atoms with van der Waals surface area (Å²) >= 11 is 0. The fourth-order valence-electron chi connectivity index (χ4n) is 1.45. The van der Waals surface area contributed by atoms with Crippen LogP contribution in [0.2, 0.25) is 0 Å². The lowest BCUT2D eigenvalue weighted by molar-refractivity contribution is -0.123. The lowest BCUT2D eigenvalue weighted by Crippen LogP contribution is -2.28. The second-order valence-electron chi connectivity index (χ2n) is 6.04. The molecule has 0 fully saturated rings. The van der Waals surface area contributed by atoms with E-state index in [1.807, 2.05) is 59.7 Å². The van der Waals surface area contributed by atoms with Gasteiger partial charge < -0.3 is 4.74 Å². The molecule has 0 radical (unpaired) electrons. The summed E-state index contributed by atoms with van der Waals surface area (Å²) in [5, 5.41) is 4.08. The van der Waals surface area contributed by atoms with Crippen molar-refractivity contribution in [2.45, 2.75) is 41.5 Å². The van der Waals surface area contributed by atoms with Crippen molar-refractivity contribution in [2.75, 3.05) is 6.61 Å². The Labute approximate surface area is 121 Å². The van der Waals surface area contributed by atoms with Crippen LogP contribution < -0.4 is 10.2 Å². The third-order valence-electron chi connectivity index (χ3n) is 3.12. The molecule has 0 atom stereocenters. The molecule has 0 aliphatic rings. The van der Waals surface area contributed by atoms with Crippen molar-refractivity contribution in [3.8, 4) is 5.75 Å². The maximum Gasteiger partial charge on any atom is 0.277 e. The van der Waals surface area contributed by atoms with Gasteiger partial charge in [0.15, 0.2) is 6.61 Å². The maximum atomic E-state index is 11.7. The summed E-state index contributed by atoms with van der Waals surface area (Å²) in [6.07, 6.45) is 0. The summed E-state index contributed by atoms with van der Waals surface area (Å²) in [5.41, 5.74) is 5.52. The highest BCUT2D eigenvalue weighted by atomic mass is 16.5. The molecule has 0 saturated carbocycles. The first-order chi connectivity index (χ1) is 9.20. The van der Waals surface area contributed by atoms with Crippen molar-refractivity contribution >= 4 is 11.6 Å². The highest BCUT2D eigenvalue weighted by Gasteiger charge is 2.14. The van der Waals surface area contributed by atoms with Gasteiger partial charge in [-0.1, -0.05) is 38.5 Å². The number of nitrogens with zero attached hydrogens (tertiary/aromatic N) is 1. The van der Waals surface area contributed by atoms with Gasteiger partial charge in [-0.2, -0.15) is 5.10 Å². The minimum atomic E-state index is -0.256. The third kappa shape index (κ3) is 5.03. The van der Waals surface area contributed by atoms with Crippen LogP contribution in [0.1, 0.15) is 38.8 Å². The zero-order valence-electron chi connectivity index (χ0n) is 13.2. The molecule has 0 spiro atoms. The number of benzene rings is 1. The van der Waals surface area contributed by atoms with E-state index >= 15 is 0 Å². The van der Waals surface area contributed by atoms with E-state index in [4.69, 9.17) is 4.74 Å². The standard InChI is InChI=1S/C16H24N2O2/c1-11-7-8-14(12(2)9-11)20-10-15(19)18-17-13(3)16(4,5)6/h7-9H,10H2,1-6H3,(H,18,19)/b17-13+. The zero-order chi connectivity index (χ0) is 15.3. The Morgan fingerprint density at radius 3 is 2.50 bits per heavy atom. The van der Waals surface area contributed by atoms with Gasteiger partial charge in [0.2, 0.25) is 0 Å². The summed E-state index contributed by atoms with van der Waals surface area (Å²) in [5.74, 6) is 0.468. The van der Waals surface area contributed by atoms with Crippen molar-refractivity contribution in [1.82, 2.24) is 5.43 Å². The number of aryl methyl sites for hydroxylation is 2. The molecule has 110 valence electrons. The predicted octanol–water partition coefficient (Wildman–Crippen LogP) is 3.22. The Hall–Kier alpha value is -1.84. The molecule has 1 amide bonds. The predicted molar refractivity (Wildman–Crippen MR) is 82.1 cm³/mol. The molecule has 20 heavy (non-hydrogen) atoms. The third-order valence-corrected chi connectivity index (χ3v) is 3.12. The van der Waals surface area contributed by atoms with Gasteiger partial charge in [0.05, 0.1) is 0 Å². The van der Waals surface area contributed by atoms with Gasteiger partial charge in [-0.05, 0) is 32.4 Å². The monoisotopic (exact) mass is 276 g/mol. The first-order valence-corrected chi connectivity index (χ1v) is 6.74. The van der Waals surface area contributed by atoms with E-state index in [1.165, 1.54) is 5.56 Å². The molecular formula is C16H24N2O2. The second-order valence-corrected chi connectivity index (χ2v) is 6.04. The van der Waals surface area contributed by atoms with Crippen molar-refractivity contribution in [3.05, 3.63) is 29.3 Å². The molecule has 4 heteroatoms. The Kier molecular flexibility index (Phi) is 5.31. The van der Waals surface area contributed by atoms with Crippen LogP contribution in [0.25, 0.3) is 0 Å². The van der Waals surface area contributed by atoms with Gasteiger partial charge in [0, 0.05) is 11.1 Å². The zero-order valence-corrected chi connectivity index (χ0v) is 13.2. The Bertz CT molecular complexity index is 514. The van der Waals surface area contributed by atoms with Crippen LogP contribution in [-0.2, 0) is 4.79 Å². The fourth-order valence-corrected chi connectivity index (χ4v) is 1.45. The summed E-state index contributed by atoms with van der Waals surface area (Å²) in [6.45, 7) is 12.0. The van der Waals surface area contributed by atoms with Crippen LogP contribution in [0.4, 0.5) is 0 Å². The van der Waals surface area contributed by atoms with Crippen LogP contribution in [0.5, 0.6) is 5.75 Å². The van der Waals surface area contributed by atoms with Crippen LogP contribution in [-0.4, -0.2) is 18.2 Å². The minimum Gasteiger partial charge on any atom is -0.483 e. The van der Waals surface area contributed by atoms with Gasteiger partial charge in [0.1, 0.15) is 5.75 Å². The summed E-state index contributed by atoms with van der Waals surface area (Å²) in [6, 6.07) is 5.86. The number of ether oxygens (including phenoxy) is 1. The highest BCUT2D eigenvalue weighted by Crippen LogP contribution is 2.18. The van der Waals surface area contributed by atoms with Crippen molar-refractivity contribution in [3.63, 3.8) is 0 Å². The lowest BCUT2D eigenvalue weighted by Gasteiger charge is -2.17. The molecule has 1 N–H and O–H groups in total. The number of carbonyl (C=O) groups excluding carboxylic acids is 1. The van der Waals surface area contributed by atoms with E-state index in [9.17, 15) is 4.79 Å². The molecule has 4 nitrogen and oxygen atoms in total. The number of amides is 1. The summed E-state index contributed by atoms with van der Waals surface area (Å²) < 4.78 is 5.49. The smallest absolute Gasteiger partial charge is 0.277 e. The molecule has 0 saturated heterocycles. The molecule has 1 aromatic carbocycles. The van der Waals surface area contributed by atoms with Gasteiger partial charge in [-0.15, -0.1) is 0 Å². The summed E-state index contributed by atoms with van der Waals surface area (Å²) in [7, 11) is 0. The van der Waals surface area contributed by atoms with Gasteiger partial charge >= 0.3 is 0 Å². The van der Waals surface area contributed by atoms with E-state index in [0.29, 0.717) is 0 Å². The van der Waals surface area contributed by atoms with Gasteiger partial charge in [-0.3, -0.25) is 4.79 Å². The average molecular weight is 276 g/mol. The largest absolute Gasteiger partial charge is 0.483 e. The van der Waals surface area contributed by atoms with Crippen LogP contribution in [0.3, 0.4) is 0 Å². The van der Waals surface area contributed by atoms with Crippen LogP contribution >= 0.6 is 0 Å². The number of nitrogens with one attached hydrogen (secondary N) is 1. The molecule has 0 aromatic heterocycles. The molecule has 0 aliphatic heterocycles. The van der Waals surface area contributed by atoms with Crippen molar-refractivity contribution in [1.29, 1.82) is 0 Å². The summed E-state index contributed by atoms with van der Waals surface area (Å²) in [4.78, 5) is 11.7. The highest BCUT2D eigenvalue weighted by molar-refractivity contribution is 5.88. The lowest BCUT2D eigenvalue weighted by atomic mass is 9.91. The molecule has 0 heterocycles. The van der Waals surface area contributed by atoms with Crippen LogP contribution in [0.15, 0.2) is 23.3 Å². The molecule has 1 aromatic rings. The topological polar surface area (TPSA) is 50.7 Å².